The third-order valence-electron chi connectivity index (χ3n) is 3.51. The Morgan fingerprint density at radius 2 is 2.39 bits per heavy atom. The standard InChI is InChI=1S/C13H18N4O/c1-9-4-3-6-17-12(9)15-13(16-17)14-11-5-7-18-8-10(11)2/h3-4,6,10-11H,5,7-8H2,1-2H3,(H,14,16). The molecule has 0 amide bonds. The number of pyridine rings is 1. The second kappa shape index (κ2) is 4.57. The smallest absolute Gasteiger partial charge is 0.243 e. The first-order chi connectivity index (χ1) is 8.74. The third kappa shape index (κ3) is 2.06. The van der Waals surface area contributed by atoms with Gasteiger partial charge in [-0.2, -0.15) is 4.98 Å². The predicted octanol–water partition coefficient (Wildman–Crippen LogP) is 1.87. The van der Waals surface area contributed by atoms with Gasteiger partial charge in [-0.15, -0.1) is 5.10 Å². The van der Waals surface area contributed by atoms with Crippen LogP contribution in [0, 0.1) is 12.8 Å². The number of fused-ring (bicyclic) bond motifs is 1. The van der Waals surface area contributed by atoms with E-state index in [9.17, 15) is 0 Å². The molecule has 1 fully saturated rings. The summed E-state index contributed by atoms with van der Waals surface area (Å²) >= 11 is 0. The SMILES string of the molecule is Cc1cccn2nc(NC3CCOCC3C)nc12. The summed E-state index contributed by atoms with van der Waals surface area (Å²) in [4.78, 5) is 4.54. The highest BCUT2D eigenvalue weighted by atomic mass is 16.5. The lowest BCUT2D eigenvalue weighted by Crippen LogP contribution is -2.36. The van der Waals surface area contributed by atoms with E-state index in [2.05, 4.69) is 22.3 Å². The predicted molar refractivity (Wildman–Crippen MR) is 69.7 cm³/mol. The lowest BCUT2D eigenvalue weighted by atomic mass is 9.98. The molecule has 3 heterocycles. The van der Waals surface area contributed by atoms with Crippen LogP contribution in [0.15, 0.2) is 18.3 Å². The minimum Gasteiger partial charge on any atom is -0.381 e. The molecule has 0 aliphatic carbocycles. The highest BCUT2D eigenvalue weighted by Crippen LogP contribution is 2.18. The van der Waals surface area contributed by atoms with Crippen LogP contribution in [-0.2, 0) is 4.74 Å². The number of ether oxygens (including phenoxy) is 1. The van der Waals surface area contributed by atoms with E-state index < -0.39 is 0 Å². The molecule has 0 aromatic carbocycles. The number of hydrogen-bond acceptors (Lipinski definition) is 4. The summed E-state index contributed by atoms with van der Waals surface area (Å²) in [5.74, 6) is 1.20. The molecule has 1 N–H and O–H groups in total. The fraction of sp³-hybridized carbons (Fsp3) is 0.538. The highest BCUT2D eigenvalue weighted by molar-refractivity contribution is 5.50. The summed E-state index contributed by atoms with van der Waals surface area (Å²) in [5.41, 5.74) is 2.05. The lowest BCUT2D eigenvalue weighted by molar-refractivity contribution is 0.0536. The summed E-state index contributed by atoms with van der Waals surface area (Å²) in [6.45, 7) is 5.86. The van der Waals surface area contributed by atoms with E-state index in [4.69, 9.17) is 4.74 Å². The van der Waals surface area contributed by atoms with Gasteiger partial charge in [0.05, 0.1) is 6.61 Å². The molecule has 5 heteroatoms. The summed E-state index contributed by atoms with van der Waals surface area (Å²) in [5, 5.41) is 7.88. The van der Waals surface area contributed by atoms with Crippen molar-refractivity contribution in [2.45, 2.75) is 26.3 Å². The number of aromatic nitrogens is 3. The molecule has 2 aromatic heterocycles. The van der Waals surface area contributed by atoms with Crippen LogP contribution in [0.4, 0.5) is 5.95 Å². The first-order valence-corrected chi connectivity index (χ1v) is 6.40. The zero-order valence-electron chi connectivity index (χ0n) is 10.8. The van der Waals surface area contributed by atoms with Gasteiger partial charge in [0.25, 0.3) is 0 Å². The van der Waals surface area contributed by atoms with Crippen LogP contribution in [-0.4, -0.2) is 33.9 Å². The van der Waals surface area contributed by atoms with Crippen LogP contribution in [0.25, 0.3) is 5.65 Å². The molecule has 0 radical (unpaired) electrons. The molecular formula is C13H18N4O. The van der Waals surface area contributed by atoms with Gasteiger partial charge >= 0.3 is 0 Å². The van der Waals surface area contributed by atoms with Crippen LogP contribution in [0.3, 0.4) is 0 Å². The van der Waals surface area contributed by atoms with Gasteiger partial charge in [-0.3, -0.25) is 0 Å². The Labute approximate surface area is 106 Å². The van der Waals surface area contributed by atoms with Crippen molar-refractivity contribution in [1.82, 2.24) is 14.6 Å². The summed E-state index contributed by atoms with van der Waals surface area (Å²) < 4.78 is 7.26. The van der Waals surface area contributed by atoms with E-state index in [-0.39, 0.29) is 0 Å². The topological polar surface area (TPSA) is 51.5 Å². The number of hydrogen-bond donors (Lipinski definition) is 1. The molecule has 5 nitrogen and oxygen atoms in total. The Morgan fingerprint density at radius 1 is 1.50 bits per heavy atom. The van der Waals surface area contributed by atoms with E-state index in [1.54, 1.807) is 0 Å². The molecule has 2 atom stereocenters. The Balaban J connectivity index is 1.84. The Kier molecular flexibility index (Phi) is 2.91. The molecule has 0 saturated carbocycles. The zero-order valence-corrected chi connectivity index (χ0v) is 10.8. The number of aryl methyl sites for hydroxylation is 1. The monoisotopic (exact) mass is 246 g/mol. The van der Waals surface area contributed by atoms with Gasteiger partial charge in [-0.1, -0.05) is 13.0 Å². The third-order valence-corrected chi connectivity index (χ3v) is 3.51. The van der Waals surface area contributed by atoms with Gasteiger partial charge in [0.15, 0.2) is 5.65 Å². The Morgan fingerprint density at radius 3 is 3.17 bits per heavy atom. The molecular weight excluding hydrogens is 228 g/mol. The van der Waals surface area contributed by atoms with E-state index in [1.807, 2.05) is 29.8 Å². The number of rotatable bonds is 2. The fourth-order valence-electron chi connectivity index (χ4n) is 2.36. The molecule has 2 unspecified atom stereocenters. The first-order valence-electron chi connectivity index (χ1n) is 6.40. The van der Waals surface area contributed by atoms with Crippen LogP contribution >= 0.6 is 0 Å². The minimum absolute atomic E-state index is 0.400. The number of anilines is 1. The summed E-state index contributed by atoms with van der Waals surface area (Å²) in [6, 6.07) is 4.43. The van der Waals surface area contributed by atoms with Crippen molar-refractivity contribution in [3.05, 3.63) is 23.9 Å². The van der Waals surface area contributed by atoms with Crippen molar-refractivity contribution in [3.8, 4) is 0 Å². The van der Waals surface area contributed by atoms with Crippen LogP contribution in [0.5, 0.6) is 0 Å². The average Bonchev–Trinajstić information content (AvgIpc) is 2.76. The van der Waals surface area contributed by atoms with Gasteiger partial charge in [0.1, 0.15) is 0 Å². The van der Waals surface area contributed by atoms with Crippen LogP contribution < -0.4 is 5.32 Å². The lowest BCUT2D eigenvalue weighted by Gasteiger charge is -2.28. The second-order valence-electron chi connectivity index (χ2n) is 4.99. The minimum atomic E-state index is 0.400. The van der Waals surface area contributed by atoms with E-state index in [1.165, 1.54) is 0 Å². The molecule has 18 heavy (non-hydrogen) atoms. The fourth-order valence-corrected chi connectivity index (χ4v) is 2.36. The van der Waals surface area contributed by atoms with E-state index in [0.29, 0.717) is 17.9 Å². The summed E-state index contributed by atoms with van der Waals surface area (Å²) in [6.07, 6.45) is 2.93. The molecule has 1 aliphatic heterocycles. The van der Waals surface area contributed by atoms with Crippen molar-refractivity contribution in [2.24, 2.45) is 5.92 Å². The largest absolute Gasteiger partial charge is 0.381 e. The van der Waals surface area contributed by atoms with Crippen LogP contribution in [0.1, 0.15) is 18.9 Å². The zero-order chi connectivity index (χ0) is 12.5. The van der Waals surface area contributed by atoms with Crippen molar-refractivity contribution in [2.75, 3.05) is 18.5 Å². The molecule has 1 saturated heterocycles. The number of nitrogens with zero attached hydrogens (tertiary/aromatic N) is 3. The van der Waals surface area contributed by atoms with Gasteiger partial charge < -0.3 is 10.1 Å². The van der Waals surface area contributed by atoms with Gasteiger partial charge in [0.2, 0.25) is 5.95 Å². The van der Waals surface area contributed by atoms with Gasteiger partial charge in [0, 0.05) is 18.8 Å². The van der Waals surface area contributed by atoms with E-state index in [0.717, 1.165) is 30.8 Å². The maximum atomic E-state index is 5.44. The maximum Gasteiger partial charge on any atom is 0.243 e. The average molecular weight is 246 g/mol. The molecule has 0 bridgehead atoms. The normalized spacial score (nSPS) is 24.3. The molecule has 2 aromatic rings. The van der Waals surface area contributed by atoms with Gasteiger partial charge in [-0.05, 0) is 30.9 Å². The van der Waals surface area contributed by atoms with Gasteiger partial charge in [-0.25, -0.2) is 4.52 Å². The molecule has 96 valence electrons. The van der Waals surface area contributed by atoms with Crippen molar-refractivity contribution >= 4 is 11.6 Å². The summed E-state index contributed by atoms with van der Waals surface area (Å²) in [7, 11) is 0. The van der Waals surface area contributed by atoms with Crippen LogP contribution in [0.2, 0.25) is 0 Å². The molecule has 0 spiro atoms. The molecule has 1 aliphatic rings. The Hall–Kier alpha value is -1.62. The van der Waals surface area contributed by atoms with Crippen molar-refractivity contribution in [3.63, 3.8) is 0 Å². The highest BCUT2D eigenvalue weighted by Gasteiger charge is 2.22. The molecule has 3 rings (SSSR count). The van der Waals surface area contributed by atoms with E-state index >= 15 is 0 Å². The van der Waals surface area contributed by atoms with Crippen molar-refractivity contribution < 1.29 is 4.74 Å². The first kappa shape index (κ1) is 11.5. The quantitative estimate of drug-likeness (QED) is 0.879. The second-order valence-corrected chi connectivity index (χ2v) is 4.99. The number of nitrogens with one attached hydrogen (secondary N) is 1. The Bertz CT molecular complexity index is 551. The van der Waals surface area contributed by atoms with Crippen molar-refractivity contribution in [1.29, 1.82) is 0 Å². The maximum absolute atomic E-state index is 5.44.